The molecule has 0 saturated heterocycles. The van der Waals surface area contributed by atoms with Crippen LogP contribution in [0.3, 0.4) is 0 Å². The average molecular weight is 280 g/mol. The Hall–Kier alpha value is -1.20. The minimum Gasteiger partial charge on any atom is -0.325 e. The third kappa shape index (κ3) is 3.42. The number of carbonyl (C=O) groups excluding carboxylic acids is 1. The second kappa shape index (κ2) is 5.06. The molecule has 5 heteroatoms. The maximum Gasteiger partial charge on any atom is 0.244 e. The van der Waals surface area contributed by atoms with E-state index in [1.165, 1.54) is 0 Å². The van der Waals surface area contributed by atoms with Gasteiger partial charge in [0.25, 0.3) is 0 Å². The summed E-state index contributed by atoms with van der Waals surface area (Å²) in [5, 5.41) is 2.84. The molecule has 1 amide bonds. The van der Waals surface area contributed by atoms with Gasteiger partial charge in [-0.05, 0) is 45.7 Å². The van der Waals surface area contributed by atoms with Crippen molar-refractivity contribution in [3.63, 3.8) is 0 Å². The van der Waals surface area contributed by atoms with Gasteiger partial charge in [-0.2, -0.15) is 0 Å². The Morgan fingerprint density at radius 3 is 2.26 bits per heavy atom. The largest absolute Gasteiger partial charge is 0.325 e. The van der Waals surface area contributed by atoms with E-state index in [1.54, 1.807) is 0 Å². The molecule has 1 aromatic rings. The Kier molecular flexibility index (Phi) is 3.78. The van der Waals surface area contributed by atoms with Gasteiger partial charge in [0, 0.05) is 11.2 Å². The quantitative estimate of drug-likeness (QED) is 0.888. The summed E-state index contributed by atoms with van der Waals surface area (Å²) in [6, 6.07) is 9.27. The van der Waals surface area contributed by atoms with Crippen molar-refractivity contribution in [3.05, 3.63) is 30.3 Å². The summed E-state index contributed by atoms with van der Waals surface area (Å²) < 4.78 is 14.6. The first-order chi connectivity index (χ1) is 8.83. The van der Waals surface area contributed by atoms with Crippen LogP contribution in [0.15, 0.2) is 30.3 Å². The van der Waals surface area contributed by atoms with Crippen molar-refractivity contribution in [1.29, 1.82) is 0 Å². The van der Waals surface area contributed by atoms with Crippen LogP contribution in [-0.4, -0.2) is 20.4 Å². The summed E-state index contributed by atoms with van der Waals surface area (Å²) >= 11 is 0. The van der Waals surface area contributed by atoms with Crippen LogP contribution in [0.4, 0.5) is 5.69 Å². The minimum absolute atomic E-state index is 0.159. The highest BCUT2D eigenvalue weighted by molar-refractivity contribution is 7.85. The van der Waals surface area contributed by atoms with Crippen molar-refractivity contribution in [1.82, 2.24) is 4.72 Å². The Morgan fingerprint density at radius 1 is 1.21 bits per heavy atom. The number of amides is 1. The molecule has 1 aliphatic carbocycles. The van der Waals surface area contributed by atoms with E-state index in [2.05, 4.69) is 10.0 Å². The maximum atomic E-state index is 12.3. The second-order valence-corrected chi connectivity index (χ2v) is 7.46. The smallest absolute Gasteiger partial charge is 0.244 e. The van der Waals surface area contributed by atoms with Crippen molar-refractivity contribution in [3.8, 4) is 0 Å². The molecule has 0 aromatic heterocycles. The molecular formula is C14H20N2O2S. The van der Waals surface area contributed by atoms with Gasteiger partial charge in [0.15, 0.2) is 0 Å². The lowest BCUT2D eigenvalue weighted by Crippen LogP contribution is -2.46. The molecule has 1 fully saturated rings. The molecule has 1 saturated carbocycles. The van der Waals surface area contributed by atoms with Crippen LogP contribution in [0.5, 0.6) is 0 Å². The molecule has 0 bridgehead atoms. The monoisotopic (exact) mass is 280 g/mol. The molecule has 1 aliphatic rings. The van der Waals surface area contributed by atoms with Gasteiger partial charge in [-0.25, -0.2) is 8.93 Å². The second-order valence-electron chi connectivity index (χ2n) is 5.94. The summed E-state index contributed by atoms with van der Waals surface area (Å²) in [6.45, 7) is 5.82. The summed E-state index contributed by atoms with van der Waals surface area (Å²) in [5.41, 5.74) is 0.472. The number of anilines is 1. The Bertz CT molecular complexity index is 490. The fourth-order valence-electron chi connectivity index (χ4n) is 1.75. The van der Waals surface area contributed by atoms with Crippen LogP contribution in [0.2, 0.25) is 0 Å². The van der Waals surface area contributed by atoms with E-state index in [0.717, 1.165) is 5.69 Å². The van der Waals surface area contributed by atoms with Crippen LogP contribution >= 0.6 is 0 Å². The van der Waals surface area contributed by atoms with Crippen LogP contribution in [-0.2, 0) is 15.8 Å². The van der Waals surface area contributed by atoms with Gasteiger partial charge in [-0.1, -0.05) is 18.2 Å². The first-order valence-corrected chi connectivity index (χ1v) is 7.55. The highest BCUT2D eigenvalue weighted by Gasteiger charge is 2.56. The van der Waals surface area contributed by atoms with Crippen LogP contribution in [0.25, 0.3) is 0 Å². The number of hydrogen-bond acceptors (Lipinski definition) is 2. The van der Waals surface area contributed by atoms with Crippen molar-refractivity contribution < 1.29 is 9.00 Å². The van der Waals surface area contributed by atoms with E-state index in [4.69, 9.17) is 0 Å². The zero-order chi connectivity index (χ0) is 14.1. The van der Waals surface area contributed by atoms with Gasteiger partial charge < -0.3 is 5.32 Å². The van der Waals surface area contributed by atoms with Gasteiger partial charge in [0.1, 0.15) is 15.7 Å². The van der Waals surface area contributed by atoms with Gasteiger partial charge in [0.05, 0.1) is 0 Å². The maximum absolute atomic E-state index is 12.3. The molecule has 1 unspecified atom stereocenters. The van der Waals surface area contributed by atoms with Crippen molar-refractivity contribution in [2.24, 2.45) is 0 Å². The molecule has 104 valence electrons. The summed E-state index contributed by atoms with van der Waals surface area (Å²) in [6.07, 6.45) is 1.34. The van der Waals surface area contributed by atoms with E-state index < -0.39 is 15.7 Å². The highest BCUT2D eigenvalue weighted by Crippen LogP contribution is 2.42. The van der Waals surface area contributed by atoms with Crippen molar-refractivity contribution in [2.45, 2.75) is 43.9 Å². The van der Waals surface area contributed by atoms with Crippen molar-refractivity contribution in [2.75, 3.05) is 5.32 Å². The van der Waals surface area contributed by atoms with Gasteiger partial charge >= 0.3 is 0 Å². The number of benzene rings is 1. The number of carbonyl (C=O) groups is 1. The molecular weight excluding hydrogens is 260 g/mol. The third-order valence-corrected chi connectivity index (χ3v) is 5.00. The Balaban J connectivity index is 2.04. The Morgan fingerprint density at radius 2 is 1.79 bits per heavy atom. The number of rotatable bonds is 4. The van der Waals surface area contributed by atoms with Crippen molar-refractivity contribution >= 4 is 22.6 Å². The SMILES string of the molecule is CC(C)(C)NS(=O)C1(C(=O)Nc2ccccc2)CC1. The van der Waals surface area contributed by atoms with Gasteiger partial charge in [-0.15, -0.1) is 0 Å². The van der Waals surface area contributed by atoms with Crippen LogP contribution in [0, 0.1) is 0 Å². The molecule has 0 aliphatic heterocycles. The molecule has 4 nitrogen and oxygen atoms in total. The zero-order valence-electron chi connectivity index (χ0n) is 11.5. The van der Waals surface area contributed by atoms with E-state index >= 15 is 0 Å². The zero-order valence-corrected chi connectivity index (χ0v) is 12.3. The Labute approximate surface area is 116 Å². The molecule has 19 heavy (non-hydrogen) atoms. The molecule has 0 radical (unpaired) electrons. The minimum atomic E-state index is -1.35. The van der Waals surface area contributed by atoms with E-state index in [-0.39, 0.29) is 11.4 Å². The van der Waals surface area contributed by atoms with Gasteiger partial charge in [0.2, 0.25) is 5.91 Å². The van der Waals surface area contributed by atoms with E-state index in [1.807, 2.05) is 51.1 Å². The highest BCUT2D eigenvalue weighted by atomic mass is 32.2. The molecule has 2 N–H and O–H groups in total. The molecule has 2 rings (SSSR count). The van der Waals surface area contributed by atoms with Crippen LogP contribution in [0.1, 0.15) is 33.6 Å². The first kappa shape index (κ1) is 14.2. The lowest BCUT2D eigenvalue weighted by molar-refractivity contribution is -0.116. The number of nitrogens with one attached hydrogen (secondary N) is 2. The number of hydrogen-bond donors (Lipinski definition) is 2. The molecule has 1 aromatic carbocycles. The van der Waals surface area contributed by atoms with Gasteiger partial charge in [-0.3, -0.25) is 4.79 Å². The average Bonchev–Trinajstić information content (AvgIpc) is 3.09. The third-order valence-electron chi connectivity index (χ3n) is 2.90. The fourth-order valence-corrected chi connectivity index (χ4v) is 3.20. The van der Waals surface area contributed by atoms with Crippen LogP contribution < -0.4 is 10.0 Å². The standard InChI is InChI=1S/C14H20N2O2S/c1-13(2,3)16-19(18)14(9-10-14)12(17)15-11-7-5-4-6-8-11/h4-8,16H,9-10H2,1-3H3,(H,15,17). The topological polar surface area (TPSA) is 58.2 Å². The first-order valence-electron chi connectivity index (χ1n) is 6.40. The predicted octanol–water partition coefficient (Wildman–Crippen LogP) is 2.21. The molecule has 1 atom stereocenters. The van der Waals surface area contributed by atoms with E-state index in [9.17, 15) is 9.00 Å². The number of para-hydroxylation sites is 1. The normalized spacial score (nSPS) is 18.7. The summed E-state index contributed by atoms with van der Waals surface area (Å²) in [7, 11) is -1.35. The summed E-state index contributed by atoms with van der Waals surface area (Å²) in [5.74, 6) is -0.159. The summed E-state index contributed by atoms with van der Waals surface area (Å²) in [4.78, 5) is 12.3. The fraction of sp³-hybridized carbons (Fsp3) is 0.500. The van der Waals surface area contributed by atoms with E-state index in [0.29, 0.717) is 12.8 Å². The molecule has 0 spiro atoms. The lowest BCUT2D eigenvalue weighted by Gasteiger charge is -2.23. The molecule has 0 heterocycles. The lowest BCUT2D eigenvalue weighted by atomic mass is 10.1. The predicted molar refractivity (Wildman–Crippen MR) is 78.1 cm³/mol.